The number of benzene rings is 1. The van der Waals surface area contributed by atoms with Gasteiger partial charge in [-0.15, -0.1) is 11.3 Å². The number of hydrogen-bond donors (Lipinski definition) is 0. The summed E-state index contributed by atoms with van der Waals surface area (Å²) in [5.74, 6) is 1.17. The van der Waals surface area contributed by atoms with Gasteiger partial charge in [0.05, 0.1) is 29.8 Å². The smallest absolute Gasteiger partial charge is 0.339 e. The van der Waals surface area contributed by atoms with E-state index < -0.39 is 0 Å². The highest BCUT2D eigenvalue weighted by molar-refractivity contribution is 7.17. The van der Waals surface area contributed by atoms with Crippen molar-refractivity contribution in [3.8, 4) is 5.75 Å². The fourth-order valence-electron chi connectivity index (χ4n) is 2.81. The van der Waals surface area contributed by atoms with Gasteiger partial charge >= 0.3 is 5.97 Å². The molecule has 0 amide bonds. The lowest BCUT2D eigenvalue weighted by Gasteiger charge is -2.30. The van der Waals surface area contributed by atoms with Gasteiger partial charge in [-0.1, -0.05) is 12.1 Å². The largest absolute Gasteiger partial charge is 0.490 e. The molecule has 0 atom stereocenters. The zero-order valence-electron chi connectivity index (χ0n) is 13.1. The van der Waals surface area contributed by atoms with Gasteiger partial charge in [-0.2, -0.15) is 0 Å². The molecule has 0 fully saturated rings. The first kappa shape index (κ1) is 14.9. The fourth-order valence-corrected chi connectivity index (χ4v) is 3.68. The Hall–Kier alpha value is -2.67. The van der Waals surface area contributed by atoms with Gasteiger partial charge in [0.15, 0.2) is 0 Å². The summed E-state index contributed by atoms with van der Waals surface area (Å²) >= 11 is 1.42. The van der Waals surface area contributed by atoms with E-state index in [1.165, 1.54) is 17.7 Å². The van der Waals surface area contributed by atoms with E-state index in [1.807, 2.05) is 24.3 Å². The number of anilines is 2. The van der Waals surface area contributed by atoms with Crippen molar-refractivity contribution in [2.24, 2.45) is 0 Å². The Morgan fingerprint density at radius 3 is 3.12 bits per heavy atom. The van der Waals surface area contributed by atoms with Crippen molar-refractivity contribution in [2.45, 2.75) is 6.92 Å². The lowest BCUT2D eigenvalue weighted by atomic mass is 10.2. The second-order valence-electron chi connectivity index (χ2n) is 5.22. The van der Waals surface area contributed by atoms with E-state index in [0.717, 1.165) is 21.7 Å². The zero-order valence-corrected chi connectivity index (χ0v) is 13.9. The number of thiophene rings is 1. The summed E-state index contributed by atoms with van der Waals surface area (Å²) in [5.41, 5.74) is 1.45. The third-order valence-corrected chi connectivity index (χ3v) is 4.72. The van der Waals surface area contributed by atoms with E-state index in [0.29, 0.717) is 31.1 Å². The molecule has 3 aromatic rings. The molecule has 4 rings (SSSR count). The molecule has 0 bridgehead atoms. The van der Waals surface area contributed by atoms with Crippen LogP contribution in [0.4, 0.5) is 11.5 Å². The predicted molar refractivity (Wildman–Crippen MR) is 92.3 cm³/mol. The van der Waals surface area contributed by atoms with Gasteiger partial charge in [0.2, 0.25) is 0 Å². The third kappa shape index (κ3) is 2.37. The molecular formula is C17H15N3O3S. The van der Waals surface area contributed by atoms with Gasteiger partial charge in [-0.25, -0.2) is 14.8 Å². The molecular weight excluding hydrogens is 326 g/mol. The van der Waals surface area contributed by atoms with Crippen molar-refractivity contribution in [2.75, 3.05) is 24.7 Å². The third-order valence-electron chi connectivity index (χ3n) is 3.83. The number of hydrogen-bond acceptors (Lipinski definition) is 7. The van der Waals surface area contributed by atoms with Crippen molar-refractivity contribution >= 4 is 39.0 Å². The molecule has 0 spiro atoms. The molecule has 0 unspecified atom stereocenters. The monoisotopic (exact) mass is 341 g/mol. The van der Waals surface area contributed by atoms with Gasteiger partial charge in [0.25, 0.3) is 0 Å². The highest BCUT2D eigenvalue weighted by atomic mass is 32.1. The average molecular weight is 341 g/mol. The highest BCUT2D eigenvalue weighted by Crippen LogP contribution is 2.40. The number of nitrogens with zero attached hydrogens (tertiary/aromatic N) is 3. The maximum absolute atomic E-state index is 12.3. The summed E-state index contributed by atoms with van der Waals surface area (Å²) in [7, 11) is 0. The van der Waals surface area contributed by atoms with Crippen molar-refractivity contribution in [3.63, 3.8) is 0 Å². The normalized spacial score (nSPS) is 13.5. The van der Waals surface area contributed by atoms with Gasteiger partial charge in [0.1, 0.15) is 29.3 Å². The predicted octanol–water partition coefficient (Wildman–Crippen LogP) is 3.40. The first-order valence-electron chi connectivity index (χ1n) is 7.68. The summed E-state index contributed by atoms with van der Waals surface area (Å²) in [6.07, 6.45) is 1.53. The topological polar surface area (TPSA) is 64.5 Å². The number of aromatic nitrogens is 2. The van der Waals surface area contributed by atoms with E-state index in [-0.39, 0.29) is 5.97 Å². The molecule has 1 aromatic carbocycles. The van der Waals surface area contributed by atoms with Gasteiger partial charge in [0, 0.05) is 5.38 Å². The molecule has 1 aliphatic rings. The molecule has 6 nitrogen and oxygen atoms in total. The van der Waals surface area contributed by atoms with Crippen LogP contribution in [0.25, 0.3) is 10.2 Å². The minimum Gasteiger partial charge on any atom is -0.490 e. The molecule has 1 aliphatic heterocycles. The van der Waals surface area contributed by atoms with Crippen molar-refractivity contribution in [1.29, 1.82) is 0 Å². The average Bonchev–Trinajstić information content (AvgIpc) is 3.06. The summed E-state index contributed by atoms with van der Waals surface area (Å²) in [6.45, 7) is 3.34. The van der Waals surface area contributed by atoms with Gasteiger partial charge < -0.3 is 14.4 Å². The van der Waals surface area contributed by atoms with Crippen molar-refractivity contribution in [3.05, 3.63) is 41.5 Å². The lowest BCUT2D eigenvalue weighted by molar-refractivity contribution is 0.0529. The second-order valence-corrected chi connectivity index (χ2v) is 6.07. The maximum Gasteiger partial charge on any atom is 0.339 e. The van der Waals surface area contributed by atoms with Crippen LogP contribution in [-0.4, -0.2) is 35.7 Å². The van der Waals surface area contributed by atoms with Crippen LogP contribution in [-0.2, 0) is 4.74 Å². The van der Waals surface area contributed by atoms with Crippen LogP contribution >= 0.6 is 11.3 Å². The standard InChI is InChI=1S/C17H15N3O3S/c1-2-22-17(21)11-9-24-16-14(11)15(18-10-19-16)20-7-8-23-13-6-4-3-5-12(13)20/h3-6,9-10H,2,7-8H2,1H3. The number of fused-ring (bicyclic) bond motifs is 2. The van der Waals surface area contributed by atoms with Crippen LogP contribution in [0.1, 0.15) is 17.3 Å². The van der Waals surface area contributed by atoms with Gasteiger partial charge in [-0.3, -0.25) is 0 Å². The van der Waals surface area contributed by atoms with Crippen molar-refractivity contribution < 1.29 is 14.3 Å². The van der Waals surface area contributed by atoms with E-state index in [1.54, 1.807) is 12.3 Å². The molecule has 0 radical (unpaired) electrons. The first-order chi connectivity index (χ1) is 11.8. The Labute approximate surface area is 142 Å². The van der Waals surface area contributed by atoms with Crippen LogP contribution in [0.2, 0.25) is 0 Å². The van der Waals surface area contributed by atoms with Crippen molar-refractivity contribution in [1.82, 2.24) is 9.97 Å². The van der Waals surface area contributed by atoms with E-state index in [2.05, 4.69) is 14.9 Å². The van der Waals surface area contributed by atoms with Crippen LogP contribution < -0.4 is 9.64 Å². The Morgan fingerprint density at radius 1 is 1.38 bits per heavy atom. The molecule has 2 aromatic heterocycles. The summed E-state index contributed by atoms with van der Waals surface area (Å²) in [5, 5.41) is 2.52. The molecule has 24 heavy (non-hydrogen) atoms. The number of rotatable bonds is 3. The minimum absolute atomic E-state index is 0.333. The number of para-hydroxylation sites is 2. The Bertz CT molecular complexity index is 909. The van der Waals surface area contributed by atoms with Crippen LogP contribution in [0.3, 0.4) is 0 Å². The second kappa shape index (κ2) is 6.09. The maximum atomic E-state index is 12.3. The number of ether oxygens (including phenoxy) is 2. The Kier molecular flexibility index (Phi) is 3.78. The zero-order chi connectivity index (χ0) is 16.5. The highest BCUT2D eigenvalue weighted by Gasteiger charge is 2.25. The Balaban J connectivity index is 1.89. The quantitative estimate of drug-likeness (QED) is 0.680. The molecule has 7 heteroatoms. The molecule has 0 saturated carbocycles. The number of esters is 1. The van der Waals surface area contributed by atoms with E-state index in [9.17, 15) is 4.79 Å². The molecule has 122 valence electrons. The lowest BCUT2D eigenvalue weighted by Crippen LogP contribution is -2.29. The first-order valence-corrected chi connectivity index (χ1v) is 8.56. The van der Waals surface area contributed by atoms with E-state index in [4.69, 9.17) is 9.47 Å². The van der Waals surface area contributed by atoms with Crippen LogP contribution in [0.5, 0.6) is 5.75 Å². The molecule has 0 saturated heterocycles. The summed E-state index contributed by atoms with van der Waals surface area (Å²) in [6, 6.07) is 7.81. The summed E-state index contributed by atoms with van der Waals surface area (Å²) in [4.78, 5) is 23.9. The molecule has 0 aliphatic carbocycles. The Morgan fingerprint density at radius 2 is 2.25 bits per heavy atom. The number of carbonyl (C=O) groups excluding carboxylic acids is 1. The minimum atomic E-state index is -0.346. The molecule has 3 heterocycles. The molecule has 0 N–H and O–H groups in total. The van der Waals surface area contributed by atoms with Crippen LogP contribution in [0, 0.1) is 0 Å². The summed E-state index contributed by atoms with van der Waals surface area (Å²) < 4.78 is 10.9. The van der Waals surface area contributed by atoms with Crippen LogP contribution in [0.15, 0.2) is 36.0 Å². The number of carbonyl (C=O) groups is 1. The van der Waals surface area contributed by atoms with Gasteiger partial charge in [-0.05, 0) is 19.1 Å². The SMILES string of the molecule is CCOC(=O)c1csc2ncnc(N3CCOc4ccccc43)c12. The fraction of sp³-hybridized carbons (Fsp3) is 0.235. The van der Waals surface area contributed by atoms with E-state index >= 15 is 0 Å².